The number of hydrogen-bond donors (Lipinski definition) is 2. The van der Waals surface area contributed by atoms with Crippen molar-refractivity contribution in [1.82, 2.24) is 15.0 Å². The van der Waals surface area contributed by atoms with Gasteiger partial charge in [-0.1, -0.05) is 0 Å². The van der Waals surface area contributed by atoms with Crippen molar-refractivity contribution in [3.05, 3.63) is 34.7 Å². The number of nitrogen functional groups attached to an aromatic ring is 1. The third kappa shape index (κ3) is 5.65. The Morgan fingerprint density at radius 3 is 2.83 bits per heavy atom. The number of nitrogens with one attached hydrogen (secondary N) is 1. The largest absolute Gasteiger partial charge is 0.470 e. The molecule has 2 heterocycles. The van der Waals surface area contributed by atoms with E-state index in [-0.39, 0.29) is 18.3 Å². The summed E-state index contributed by atoms with van der Waals surface area (Å²) in [5, 5.41) is 2.57. The van der Waals surface area contributed by atoms with Gasteiger partial charge in [0.1, 0.15) is 22.6 Å². The highest BCUT2D eigenvalue weighted by Crippen LogP contribution is 2.20. The SMILES string of the molecule is CC(C)(C)OC(=O)Nc1cc(COc2nc(Br)cnc2N)ccn1. The summed E-state index contributed by atoms with van der Waals surface area (Å²) in [6.07, 6.45) is 2.47. The van der Waals surface area contributed by atoms with Gasteiger partial charge in [0.15, 0.2) is 5.82 Å². The number of ether oxygens (including phenoxy) is 2. The first-order valence-electron chi connectivity index (χ1n) is 7.09. The molecule has 0 aliphatic rings. The Morgan fingerprint density at radius 1 is 1.38 bits per heavy atom. The molecule has 0 saturated carbocycles. The average molecular weight is 396 g/mol. The summed E-state index contributed by atoms with van der Waals surface area (Å²) in [6.45, 7) is 5.55. The molecule has 128 valence electrons. The molecule has 0 radical (unpaired) electrons. The van der Waals surface area contributed by atoms with Crippen LogP contribution in [0, 0.1) is 0 Å². The molecule has 2 aromatic heterocycles. The summed E-state index contributed by atoms with van der Waals surface area (Å²) in [6, 6.07) is 3.42. The maximum absolute atomic E-state index is 11.8. The van der Waals surface area contributed by atoms with Gasteiger partial charge >= 0.3 is 6.09 Å². The van der Waals surface area contributed by atoms with Gasteiger partial charge in [-0.2, -0.15) is 0 Å². The second kappa shape index (κ2) is 7.43. The fourth-order valence-corrected chi connectivity index (χ4v) is 1.92. The molecular formula is C15H18BrN5O3. The Hall–Kier alpha value is -2.42. The van der Waals surface area contributed by atoms with Crippen LogP contribution in [-0.2, 0) is 11.3 Å². The summed E-state index contributed by atoms with van der Waals surface area (Å²) < 4.78 is 11.2. The van der Waals surface area contributed by atoms with Crippen molar-refractivity contribution in [2.75, 3.05) is 11.1 Å². The van der Waals surface area contributed by atoms with Crippen LogP contribution < -0.4 is 15.8 Å². The number of nitrogens with two attached hydrogens (primary N) is 1. The quantitative estimate of drug-likeness (QED) is 0.816. The Kier molecular flexibility index (Phi) is 5.55. The molecule has 8 nitrogen and oxygen atoms in total. The Morgan fingerprint density at radius 2 is 2.12 bits per heavy atom. The van der Waals surface area contributed by atoms with E-state index in [2.05, 4.69) is 36.2 Å². The average Bonchev–Trinajstić information content (AvgIpc) is 2.46. The zero-order valence-electron chi connectivity index (χ0n) is 13.5. The fraction of sp³-hybridized carbons (Fsp3) is 0.333. The zero-order chi connectivity index (χ0) is 17.7. The van der Waals surface area contributed by atoms with E-state index in [1.807, 2.05) is 0 Å². The number of hydrogen-bond acceptors (Lipinski definition) is 7. The van der Waals surface area contributed by atoms with Crippen LogP contribution in [0.2, 0.25) is 0 Å². The molecule has 1 amide bonds. The van der Waals surface area contributed by atoms with Gasteiger partial charge in [-0.3, -0.25) is 5.32 Å². The lowest BCUT2D eigenvalue weighted by Gasteiger charge is -2.19. The second-order valence-corrected chi connectivity index (χ2v) is 6.66. The van der Waals surface area contributed by atoms with E-state index in [4.69, 9.17) is 15.2 Å². The normalized spacial score (nSPS) is 11.0. The zero-order valence-corrected chi connectivity index (χ0v) is 15.1. The second-order valence-electron chi connectivity index (χ2n) is 5.85. The number of carbonyl (C=O) groups is 1. The molecule has 2 rings (SSSR count). The molecule has 0 saturated heterocycles. The van der Waals surface area contributed by atoms with Crippen molar-refractivity contribution in [2.45, 2.75) is 33.0 Å². The third-order valence-electron chi connectivity index (χ3n) is 2.57. The topological polar surface area (TPSA) is 112 Å². The molecule has 3 N–H and O–H groups in total. The first-order valence-corrected chi connectivity index (χ1v) is 7.88. The van der Waals surface area contributed by atoms with Gasteiger partial charge in [-0.15, -0.1) is 0 Å². The molecule has 0 aliphatic carbocycles. The molecule has 0 bridgehead atoms. The summed E-state index contributed by atoms with van der Waals surface area (Å²) in [4.78, 5) is 23.9. The van der Waals surface area contributed by atoms with E-state index in [9.17, 15) is 4.79 Å². The number of rotatable bonds is 4. The molecule has 0 aromatic carbocycles. The molecule has 24 heavy (non-hydrogen) atoms. The maximum atomic E-state index is 11.8. The summed E-state index contributed by atoms with van der Waals surface area (Å²) in [7, 11) is 0. The van der Waals surface area contributed by atoms with E-state index < -0.39 is 11.7 Å². The number of pyridine rings is 1. The number of amides is 1. The predicted octanol–water partition coefficient (Wildman–Crippen LogP) is 3.14. The lowest BCUT2D eigenvalue weighted by Crippen LogP contribution is -2.27. The lowest BCUT2D eigenvalue weighted by molar-refractivity contribution is 0.0635. The number of halogens is 1. The summed E-state index contributed by atoms with van der Waals surface area (Å²) in [5.74, 6) is 0.779. The first kappa shape index (κ1) is 17.9. The number of anilines is 2. The number of aromatic nitrogens is 3. The minimum absolute atomic E-state index is 0.194. The molecule has 0 unspecified atom stereocenters. The predicted molar refractivity (Wildman–Crippen MR) is 92.6 cm³/mol. The summed E-state index contributed by atoms with van der Waals surface area (Å²) in [5.41, 5.74) is 5.90. The van der Waals surface area contributed by atoms with Gasteiger partial charge in [-0.05, 0) is 54.4 Å². The van der Waals surface area contributed by atoms with Crippen LogP contribution in [0.3, 0.4) is 0 Å². The highest BCUT2D eigenvalue weighted by molar-refractivity contribution is 9.10. The monoisotopic (exact) mass is 395 g/mol. The minimum atomic E-state index is -0.582. The van der Waals surface area contributed by atoms with E-state index >= 15 is 0 Å². The van der Waals surface area contributed by atoms with Crippen LogP contribution in [0.1, 0.15) is 26.3 Å². The van der Waals surface area contributed by atoms with E-state index in [0.717, 1.165) is 5.56 Å². The van der Waals surface area contributed by atoms with Crippen molar-refractivity contribution in [3.63, 3.8) is 0 Å². The Labute approximate surface area is 147 Å². The number of nitrogens with zero attached hydrogens (tertiary/aromatic N) is 3. The van der Waals surface area contributed by atoms with Gasteiger partial charge < -0.3 is 15.2 Å². The van der Waals surface area contributed by atoms with Crippen LogP contribution in [0.15, 0.2) is 29.1 Å². The van der Waals surface area contributed by atoms with Crippen LogP contribution in [-0.4, -0.2) is 26.6 Å². The highest BCUT2D eigenvalue weighted by Gasteiger charge is 2.16. The smallest absolute Gasteiger partial charge is 0.413 e. The highest BCUT2D eigenvalue weighted by atomic mass is 79.9. The van der Waals surface area contributed by atoms with Crippen molar-refractivity contribution in [1.29, 1.82) is 0 Å². The molecule has 0 fully saturated rings. The van der Waals surface area contributed by atoms with Crippen molar-refractivity contribution < 1.29 is 14.3 Å². The summed E-state index contributed by atoms with van der Waals surface area (Å²) >= 11 is 3.20. The standard InChI is InChI=1S/C15H18BrN5O3/c1-15(2,3)24-14(22)21-11-6-9(4-5-18-11)8-23-13-12(17)19-7-10(16)20-13/h4-7H,8H2,1-3H3,(H2,17,19)(H,18,21,22). The Balaban J connectivity index is 2.00. The first-order chi connectivity index (χ1) is 11.2. The van der Waals surface area contributed by atoms with E-state index in [1.54, 1.807) is 39.1 Å². The van der Waals surface area contributed by atoms with Crippen LogP contribution >= 0.6 is 15.9 Å². The van der Waals surface area contributed by atoms with E-state index in [0.29, 0.717) is 10.4 Å². The molecule has 9 heteroatoms. The molecule has 0 aliphatic heterocycles. The molecule has 0 spiro atoms. The van der Waals surface area contributed by atoms with Crippen molar-refractivity contribution >= 4 is 33.7 Å². The van der Waals surface area contributed by atoms with Gasteiger partial charge in [0, 0.05) is 6.20 Å². The van der Waals surface area contributed by atoms with Crippen molar-refractivity contribution in [3.8, 4) is 5.88 Å². The van der Waals surface area contributed by atoms with Gasteiger partial charge in [0.2, 0.25) is 0 Å². The van der Waals surface area contributed by atoms with Crippen molar-refractivity contribution in [2.24, 2.45) is 0 Å². The van der Waals surface area contributed by atoms with E-state index in [1.165, 1.54) is 6.20 Å². The minimum Gasteiger partial charge on any atom is -0.470 e. The van der Waals surface area contributed by atoms with Crippen LogP contribution in [0.4, 0.5) is 16.4 Å². The number of carbonyl (C=O) groups excluding carboxylic acids is 1. The molecule has 0 atom stereocenters. The van der Waals surface area contributed by atoms with Crippen LogP contribution in [0.25, 0.3) is 0 Å². The third-order valence-corrected chi connectivity index (χ3v) is 2.95. The molecular weight excluding hydrogens is 378 g/mol. The molecule has 2 aromatic rings. The van der Waals surface area contributed by atoms with Crippen LogP contribution in [0.5, 0.6) is 5.88 Å². The maximum Gasteiger partial charge on any atom is 0.413 e. The van der Waals surface area contributed by atoms with Gasteiger partial charge in [0.25, 0.3) is 5.88 Å². The fourth-order valence-electron chi connectivity index (χ4n) is 1.66. The lowest BCUT2D eigenvalue weighted by atomic mass is 10.2. The van der Waals surface area contributed by atoms with Gasteiger partial charge in [0.05, 0.1) is 6.20 Å². The van der Waals surface area contributed by atoms with Gasteiger partial charge in [-0.25, -0.2) is 19.7 Å². The Bertz CT molecular complexity index is 733.